The second-order valence-electron chi connectivity index (χ2n) is 4.90. The molecule has 2 aromatic rings. The molecule has 0 atom stereocenters. The van der Waals surface area contributed by atoms with Crippen LogP contribution in [0.15, 0.2) is 30.5 Å². The highest BCUT2D eigenvalue weighted by molar-refractivity contribution is 5.90. The Labute approximate surface area is 113 Å². The molecule has 3 N–H and O–H groups in total. The van der Waals surface area contributed by atoms with E-state index in [4.69, 9.17) is 5.73 Å². The monoisotopic (exact) mass is 251 g/mol. The van der Waals surface area contributed by atoms with Gasteiger partial charge in [-0.2, -0.15) is 0 Å². The molecule has 1 aromatic carbocycles. The number of anilines is 1. The minimum atomic E-state index is 0.472. The average Bonchev–Trinajstić information content (AvgIpc) is 2.47. The van der Waals surface area contributed by atoms with Gasteiger partial charge in [-0.05, 0) is 25.9 Å². The van der Waals surface area contributed by atoms with Gasteiger partial charge in [0.2, 0.25) is 0 Å². The van der Waals surface area contributed by atoms with E-state index in [1.807, 2.05) is 18.2 Å². The summed E-state index contributed by atoms with van der Waals surface area (Å²) in [6.45, 7) is 2.12. The Hall–Kier alpha value is -2.05. The molecule has 0 spiro atoms. The Morgan fingerprint density at radius 3 is 2.84 bits per heavy atom. The number of pyridine rings is 1. The summed E-state index contributed by atoms with van der Waals surface area (Å²) in [4.78, 5) is 4.23. The second-order valence-corrected chi connectivity index (χ2v) is 4.90. The van der Waals surface area contributed by atoms with Crippen LogP contribution < -0.4 is 11.1 Å². The average molecular weight is 251 g/mol. The normalized spacial score (nSPS) is 16.0. The van der Waals surface area contributed by atoms with E-state index in [1.54, 1.807) is 6.20 Å². The second kappa shape index (κ2) is 5.29. The van der Waals surface area contributed by atoms with E-state index in [1.165, 1.54) is 0 Å². The third-order valence-corrected chi connectivity index (χ3v) is 3.57. The summed E-state index contributed by atoms with van der Waals surface area (Å²) in [5, 5.41) is 5.53. The van der Waals surface area contributed by atoms with Crippen molar-refractivity contribution in [3.63, 3.8) is 0 Å². The maximum Gasteiger partial charge on any atom is 0.139 e. The zero-order valence-electron chi connectivity index (χ0n) is 10.8. The number of rotatable bonds is 0. The van der Waals surface area contributed by atoms with Crippen LogP contribution in [0.4, 0.5) is 5.82 Å². The lowest BCUT2D eigenvalue weighted by molar-refractivity contribution is 0.447. The molecule has 3 rings (SSSR count). The summed E-state index contributed by atoms with van der Waals surface area (Å²) in [6, 6.07) is 8.11. The topological polar surface area (TPSA) is 50.9 Å². The fraction of sp³-hybridized carbons (Fsp3) is 0.312. The highest BCUT2D eigenvalue weighted by Crippen LogP contribution is 2.21. The van der Waals surface area contributed by atoms with Crippen molar-refractivity contribution in [2.45, 2.75) is 12.8 Å². The highest BCUT2D eigenvalue weighted by atomic mass is 14.9. The first-order valence-electron chi connectivity index (χ1n) is 6.70. The first kappa shape index (κ1) is 12.0. The molecule has 19 heavy (non-hydrogen) atoms. The summed E-state index contributed by atoms with van der Waals surface area (Å²) in [5.41, 5.74) is 6.85. The zero-order chi connectivity index (χ0) is 13.1. The van der Waals surface area contributed by atoms with Crippen molar-refractivity contribution in [3.8, 4) is 11.8 Å². The van der Waals surface area contributed by atoms with Crippen molar-refractivity contribution in [1.82, 2.24) is 10.3 Å². The van der Waals surface area contributed by atoms with E-state index in [2.05, 4.69) is 28.2 Å². The summed E-state index contributed by atoms with van der Waals surface area (Å²) >= 11 is 0. The van der Waals surface area contributed by atoms with Gasteiger partial charge in [0.1, 0.15) is 5.82 Å². The number of nitrogen functional groups attached to an aromatic ring is 1. The summed E-state index contributed by atoms with van der Waals surface area (Å²) < 4.78 is 0. The molecule has 96 valence electrons. The Bertz CT molecular complexity index is 646. The third kappa shape index (κ3) is 2.54. The van der Waals surface area contributed by atoms with Gasteiger partial charge in [0.25, 0.3) is 0 Å². The third-order valence-electron chi connectivity index (χ3n) is 3.57. The van der Waals surface area contributed by atoms with E-state index >= 15 is 0 Å². The number of piperidine rings is 1. The van der Waals surface area contributed by atoms with Gasteiger partial charge in [-0.25, -0.2) is 4.98 Å². The minimum Gasteiger partial charge on any atom is -0.383 e. The molecule has 1 aliphatic heterocycles. The number of nitrogens with zero attached hydrogens (tertiary/aromatic N) is 1. The molecule has 0 bridgehead atoms. The van der Waals surface area contributed by atoms with Crippen molar-refractivity contribution in [2.75, 3.05) is 18.8 Å². The molecule has 2 heterocycles. The van der Waals surface area contributed by atoms with Crippen LogP contribution in [-0.2, 0) is 0 Å². The number of benzene rings is 1. The summed E-state index contributed by atoms with van der Waals surface area (Å²) in [5.74, 6) is 7.62. The molecule has 0 aliphatic carbocycles. The van der Waals surface area contributed by atoms with Crippen LogP contribution >= 0.6 is 0 Å². The first-order chi connectivity index (χ1) is 9.34. The number of fused-ring (bicyclic) bond motifs is 1. The van der Waals surface area contributed by atoms with E-state index in [0.717, 1.165) is 42.3 Å². The van der Waals surface area contributed by atoms with Gasteiger partial charge in [0, 0.05) is 22.9 Å². The van der Waals surface area contributed by atoms with Crippen molar-refractivity contribution in [3.05, 3.63) is 36.0 Å². The number of hydrogen-bond donors (Lipinski definition) is 2. The molecule has 1 fully saturated rings. The highest BCUT2D eigenvalue weighted by Gasteiger charge is 2.10. The van der Waals surface area contributed by atoms with Crippen LogP contribution in [0.25, 0.3) is 10.8 Å². The van der Waals surface area contributed by atoms with E-state index in [-0.39, 0.29) is 0 Å². The lowest BCUT2D eigenvalue weighted by Gasteiger charge is -2.17. The lowest BCUT2D eigenvalue weighted by atomic mass is 9.98. The van der Waals surface area contributed by atoms with Crippen LogP contribution in [0.5, 0.6) is 0 Å². The van der Waals surface area contributed by atoms with Crippen molar-refractivity contribution < 1.29 is 0 Å². The minimum absolute atomic E-state index is 0.472. The van der Waals surface area contributed by atoms with Gasteiger partial charge in [-0.3, -0.25) is 0 Å². The molecular weight excluding hydrogens is 234 g/mol. The van der Waals surface area contributed by atoms with Crippen LogP contribution in [0.3, 0.4) is 0 Å². The molecule has 0 saturated carbocycles. The van der Waals surface area contributed by atoms with Crippen LogP contribution in [-0.4, -0.2) is 18.1 Å². The fourth-order valence-electron chi connectivity index (χ4n) is 2.45. The van der Waals surface area contributed by atoms with E-state index in [0.29, 0.717) is 11.7 Å². The summed E-state index contributed by atoms with van der Waals surface area (Å²) in [7, 11) is 0. The van der Waals surface area contributed by atoms with E-state index in [9.17, 15) is 0 Å². The van der Waals surface area contributed by atoms with Gasteiger partial charge in [0.05, 0.1) is 5.56 Å². The van der Waals surface area contributed by atoms with Gasteiger partial charge >= 0.3 is 0 Å². The van der Waals surface area contributed by atoms with Gasteiger partial charge in [0.15, 0.2) is 0 Å². The Morgan fingerprint density at radius 1 is 1.21 bits per heavy atom. The Kier molecular flexibility index (Phi) is 3.35. The maximum absolute atomic E-state index is 5.98. The molecule has 0 radical (unpaired) electrons. The molecule has 3 nitrogen and oxygen atoms in total. The fourth-order valence-corrected chi connectivity index (χ4v) is 2.45. The quantitative estimate of drug-likeness (QED) is 0.706. The van der Waals surface area contributed by atoms with Crippen LogP contribution in [0, 0.1) is 17.8 Å². The van der Waals surface area contributed by atoms with Crippen molar-refractivity contribution in [1.29, 1.82) is 0 Å². The number of hydrogen-bond acceptors (Lipinski definition) is 3. The Balaban J connectivity index is 2.00. The van der Waals surface area contributed by atoms with Gasteiger partial charge in [-0.1, -0.05) is 36.1 Å². The SMILES string of the molecule is Nc1ncc2ccccc2c1C#CC1CCNCC1. The standard InChI is InChI=1S/C16H17N3/c17-16-15(6-5-12-7-9-18-10-8-12)14-4-2-1-3-13(14)11-19-16/h1-4,11-12,18H,7-10H2,(H2,17,19). The van der Waals surface area contributed by atoms with Crippen molar-refractivity contribution >= 4 is 16.6 Å². The number of nitrogens with two attached hydrogens (primary N) is 1. The van der Waals surface area contributed by atoms with E-state index < -0.39 is 0 Å². The molecule has 1 aliphatic rings. The Morgan fingerprint density at radius 2 is 2.00 bits per heavy atom. The molecule has 0 unspecified atom stereocenters. The van der Waals surface area contributed by atoms with Gasteiger partial charge < -0.3 is 11.1 Å². The van der Waals surface area contributed by atoms with Crippen LogP contribution in [0.2, 0.25) is 0 Å². The predicted octanol–water partition coefficient (Wildman–Crippen LogP) is 2.17. The zero-order valence-corrected chi connectivity index (χ0v) is 10.8. The molecular formula is C16H17N3. The predicted molar refractivity (Wildman–Crippen MR) is 78.6 cm³/mol. The lowest BCUT2D eigenvalue weighted by Crippen LogP contribution is -2.26. The largest absolute Gasteiger partial charge is 0.383 e. The number of nitrogens with one attached hydrogen (secondary N) is 1. The molecule has 3 heteroatoms. The summed E-state index contributed by atoms with van der Waals surface area (Å²) in [6.07, 6.45) is 4.04. The maximum atomic E-state index is 5.98. The van der Waals surface area contributed by atoms with Crippen LogP contribution in [0.1, 0.15) is 18.4 Å². The molecule has 1 saturated heterocycles. The molecule has 1 aromatic heterocycles. The number of aromatic nitrogens is 1. The molecule has 0 amide bonds. The van der Waals surface area contributed by atoms with Gasteiger partial charge in [-0.15, -0.1) is 0 Å². The van der Waals surface area contributed by atoms with Crippen molar-refractivity contribution in [2.24, 2.45) is 5.92 Å². The smallest absolute Gasteiger partial charge is 0.139 e. The first-order valence-corrected chi connectivity index (χ1v) is 6.70.